The van der Waals surface area contributed by atoms with E-state index < -0.39 is 52.6 Å². The second kappa shape index (κ2) is 8.44. The van der Waals surface area contributed by atoms with Crippen LogP contribution in [0.25, 0.3) is 0 Å². The number of nitro groups is 1. The van der Waals surface area contributed by atoms with Crippen molar-refractivity contribution in [1.29, 1.82) is 0 Å². The molecule has 1 aliphatic carbocycles. The molecule has 0 bridgehead atoms. The molecule has 1 fully saturated rings. The van der Waals surface area contributed by atoms with Crippen LogP contribution in [0.15, 0.2) is 36.4 Å². The highest BCUT2D eigenvalue weighted by Gasteiger charge is 2.50. The van der Waals surface area contributed by atoms with E-state index in [4.69, 9.17) is 4.74 Å². The van der Waals surface area contributed by atoms with E-state index >= 15 is 0 Å². The van der Waals surface area contributed by atoms with Crippen LogP contribution >= 0.6 is 0 Å². The van der Waals surface area contributed by atoms with Crippen molar-refractivity contribution in [2.45, 2.75) is 38.8 Å². The first-order chi connectivity index (χ1) is 14.2. The number of ether oxygens (including phenoxy) is 1. The van der Waals surface area contributed by atoms with Crippen molar-refractivity contribution in [1.82, 2.24) is 4.90 Å². The predicted octanol–water partition coefficient (Wildman–Crippen LogP) is 1.80. The summed E-state index contributed by atoms with van der Waals surface area (Å²) in [5.41, 5.74) is -0.0280. The molecule has 3 rings (SSSR count). The van der Waals surface area contributed by atoms with Gasteiger partial charge < -0.3 is 10.1 Å². The van der Waals surface area contributed by atoms with Crippen molar-refractivity contribution in [3.8, 4) is 0 Å². The summed E-state index contributed by atoms with van der Waals surface area (Å²) in [7, 11) is 0. The number of benzene rings is 1. The van der Waals surface area contributed by atoms with Gasteiger partial charge in [0.05, 0.1) is 16.8 Å². The number of nitrogens with one attached hydrogen (secondary N) is 1. The first-order valence-corrected chi connectivity index (χ1v) is 9.48. The van der Waals surface area contributed by atoms with Crippen LogP contribution in [0.5, 0.6) is 0 Å². The van der Waals surface area contributed by atoms with Gasteiger partial charge in [0, 0.05) is 17.8 Å². The number of nitro benzene ring substituents is 1. The van der Waals surface area contributed by atoms with Crippen LogP contribution in [-0.4, -0.2) is 45.7 Å². The van der Waals surface area contributed by atoms with Gasteiger partial charge in [0.15, 0.2) is 6.10 Å². The Morgan fingerprint density at radius 2 is 1.77 bits per heavy atom. The lowest BCUT2D eigenvalue weighted by Gasteiger charge is -2.23. The quantitative estimate of drug-likeness (QED) is 0.246. The Kier molecular flexibility index (Phi) is 5.95. The monoisotopic (exact) mass is 415 g/mol. The highest BCUT2D eigenvalue weighted by molar-refractivity contribution is 6.08. The summed E-state index contributed by atoms with van der Waals surface area (Å²) < 4.78 is 5.14. The van der Waals surface area contributed by atoms with E-state index in [2.05, 4.69) is 5.32 Å². The molecule has 0 saturated carbocycles. The van der Waals surface area contributed by atoms with Crippen LogP contribution in [0.1, 0.15) is 26.7 Å². The van der Waals surface area contributed by atoms with E-state index in [1.807, 2.05) is 12.2 Å². The molecule has 10 nitrogen and oxygen atoms in total. The van der Waals surface area contributed by atoms with E-state index in [0.717, 1.165) is 4.90 Å². The molecule has 1 aliphatic heterocycles. The molecule has 2 aliphatic rings. The van der Waals surface area contributed by atoms with Crippen molar-refractivity contribution in [3.05, 3.63) is 46.5 Å². The average Bonchev–Trinajstić information content (AvgIpc) is 2.98. The molecule has 0 spiro atoms. The predicted molar refractivity (Wildman–Crippen MR) is 104 cm³/mol. The van der Waals surface area contributed by atoms with E-state index in [9.17, 15) is 29.3 Å². The molecule has 1 heterocycles. The lowest BCUT2D eigenvalue weighted by atomic mass is 9.85. The molecule has 10 heteroatoms. The fourth-order valence-electron chi connectivity index (χ4n) is 3.58. The molecule has 1 saturated heterocycles. The number of hydrogen-bond acceptors (Lipinski definition) is 7. The summed E-state index contributed by atoms with van der Waals surface area (Å²) in [5.74, 6) is -3.34. The second-order valence-electron chi connectivity index (χ2n) is 7.25. The van der Waals surface area contributed by atoms with E-state index in [1.165, 1.54) is 38.1 Å². The zero-order valence-electron chi connectivity index (χ0n) is 16.4. The zero-order chi connectivity index (χ0) is 22.0. The smallest absolute Gasteiger partial charge is 0.329 e. The third-order valence-corrected chi connectivity index (χ3v) is 5.26. The number of esters is 1. The van der Waals surface area contributed by atoms with Gasteiger partial charge in [-0.05, 0) is 32.8 Å². The number of allylic oxidation sites excluding steroid dienone is 2. The Bertz CT molecular complexity index is 916. The van der Waals surface area contributed by atoms with E-state index in [1.54, 1.807) is 0 Å². The van der Waals surface area contributed by atoms with Crippen molar-refractivity contribution in [3.63, 3.8) is 0 Å². The van der Waals surface area contributed by atoms with Gasteiger partial charge in [0.1, 0.15) is 6.04 Å². The summed E-state index contributed by atoms with van der Waals surface area (Å²) in [6.07, 6.45) is 3.36. The molecule has 1 N–H and O–H groups in total. The van der Waals surface area contributed by atoms with Gasteiger partial charge in [0.2, 0.25) is 11.8 Å². The fourth-order valence-corrected chi connectivity index (χ4v) is 3.58. The van der Waals surface area contributed by atoms with Gasteiger partial charge in [-0.2, -0.15) is 0 Å². The van der Waals surface area contributed by atoms with E-state index in [-0.39, 0.29) is 11.4 Å². The maximum atomic E-state index is 12.6. The lowest BCUT2D eigenvalue weighted by Crippen LogP contribution is -2.46. The van der Waals surface area contributed by atoms with Gasteiger partial charge in [-0.25, -0.2) is 4.79 Å². The van der Waals surface area contributed by atoms with Crippen LogP contribution in [-0.2, 0) is 23.9 Å². The molecule has 30 heavy (non-hydrogen) atoms. The Hall–Kier alpha value is -3.56. The molecule has 1 aromatic carbocycles. The van der Waals surface area contributed by atoms with Crippen LogP contribution in [0, 0.1) is 22.0 Å². The van der Waals surface area contributed by atoms with Crippen molar-refractivity contribution in [2.24, 2.45) is 11.8 Å². The zero-order valence-corrected chi connectivity index (χ0v) is 16.4. The second-order valence-corrected chi connectivity index (χ2v) is 7.25. The van der Waals surface area contributed by atoms with Crippen LogP contribution in [0.3, 0.4) is 0 Å². The normalized spacial score (nSPS) is 22.3. The van der Waals surface area contributed by atoms with Crippen LogP contribution < -0.4 is 5.32 Å². The van der Waals surface area contributed by atoms with Crippen molar-refractivity contribution in [2.75, 3.05) is 5.32 Å². The van der Waals surface area contributed by atoms with Gasteiger partial charge in [-0.3, -0.25) is 29.4 Å². The maximum absolute atomic E-state index is 12.6. The number of carbonyl (C=O) groups is 4. The highest BCUT2D eigenvalue weighted by Crippen LogP contribution is 2.36. The molecular formula is C20H21N3O7. The summed E-state index contributed by atoms with van der Waals surface area (Å²) in [6, 6.07) is 4.15. The highest BCUT2D eigenvalue weighted by atomic mass is 16.6. The Balaban J connectivity index is 1.61. The summed E-state index contributed by atoms with van der Waals surface area (Å²) in [5, 5.41) is 13.3. The summed E-state index contributed by atoms with van der Waals surface area (Å²) in [6.45, 7) is 2.71. The number of nitrogens with zero attached hydrogens (tertiary/aromatic N) is 2. The minimum absolute atomic E-state index is 0.173. The number of imide groups is 1. The molecule has 0 unspecified atom stereocenters. The third-order valence-electron chi connectivity index (χ3n) is 5.26. The molecular weight excluding hydrogens is 394 g/mol. The number of amides is 3. The maximum Gasteiger partial charge on any atom is 0.329 e. The third kappa shape index (κ3) is 4.07. The number of anilines is 1. The molecule has 3 amide bonds. The Morgan fingerprint density at radius 3 is 2.33 bits per heavy atom. The first-order valence-electron chi connectivity index (χ1n) is 9.48. The summed E-state index contributed by atoms with van der Waals surface area (Å²) in [4.78, 5) is 61.1. The molecule has 158 valence electrons. The minimum atomic E-state index is -1.24. The Labute approximate surface area is 172 Å². The SMILES string of the molecule is C[C@H](OC(=O)[C@H](C)N1C(=O)[C@@H]2CC=CC[C@H]2C1=O)C(=O)Nc1cccc([N+](=O)[O-])c1. The largest absolute Gasteiger partial charge is 0.451 e. The fraction of sp³-hybridized carbons (Fsp3) is 0.400. The van der Waals surface area contributed by atoms with Gasteiger partial charge >= 0.3 is 5.97 Å². The topological polar surface area (TPSA) is 136 Å². The average molecular weight is 415 g/mol. The van der Waals surface area contributed by atoms with Crippen molar-refractivity contribution >= 4 is 35.1 Å². The number of fused-ring (bicyclic) bond motifs is 1. The number of carbonyl (C=O) groups excluding carboxylic acids is 4. The molecule has 0 aromatic heterocycles. The molecule has 4 atom stereocenters. The van der Waals surface area contributed by atoms with Crippen LogP contribution in [0.2, 0.25) is 0 Å². The number of likely N-dealkylation sites (tertiary alicyclic amines) is 1. The van der Waals surface area contributed by atoms with Gasteiger partial charge in [0.25, 0.3) is 11.6 Å². The summed E-state index contributed by atoms with van der Waals surface area (Å²) >= 11 is 0. The number of rotatable bonds is 6. The molecule has 0 radical (unpaired) electrons. The van der Waals surface area contributed by atoms with Gasteiger partial charge in [-0.1, -0.05) is 18.2 Å². The standard InChI is InChI=1S/C20H21N3O7/c1-11(22-18(25)15-8-3-4-9-16(15)19(22)26)20(27)30-12(2)17(24)21-13-6-5-7-14(10-13)23(28)29/h3-7,10-12,15-16H,8-9H2,1-2H3,(H,21,24)/t11-,12-,15+,16+/m0/s1. The number of hydrogen-bond donors (Lipinski definition) is 1. The Morgan fingerprint density at radius 1 is 1.17 bits per heavy atom. The molecule has 1 aromatic rings. The lowest BCUT2D eigenvalue weighted by molar-refractivity contribution is -0.384. The minimum Gasteiger partial charge on any atom is -0.451 e. The number of non-ortho nitro benzene ring substituents is 1. The first kappa shape index (κ1) is 21.2. The van der Waals surface area contributed by atoms with Crippen molar-refractivity contribution < 1.29 is 28.8 Å². The van der Waals surface area contributed by atoms with E-state index in [0.29, 0.717) is 12.8 Å². The van der Waals surface area contributed by atoms with Crippen LogP contribution in [0.4, 0.5) is 11.4 Å². The van der Waals surface area contributed by atoms with Gasteiger partial charge in [-0.15, -0.1) is 0 Å².